The number of nitrogens with one attached hydrogen (secondary N) is 1. The van der Waals surface area contributed by atoms with Crippen LogP contribution >= 0.6 is 12.4 Å². The average molecular weight is 299 g/mol. The van der Waals surface area contributed by atoms with E-state index in [0.717, 1.165) is 49.4 Å². The molecule has 20 heavy (non-hydrogen) atoms. The summed E-state index contributed by atoms with van der Waals surface area (Å²) in [5.74, 6) is 0.292. The van der Waals surface area contributed by atoms with Crippen LogP contribution in [0, 0.1) is 0 Å². The SMILES string of the molecule is Cl.Nc1ccc(N)c(CNCCCN2CCCC2=O)c1. The van der Waals surface area contributed by atoms with Gasteiger partial charge in [0.05, 0.1) is 0 Å². The minimum absolute atomic E-state index is 0. The first-order valence-corrected chi connectivity index (χ1v) is 6.79. The Morgan fingerprint density at radius 1 is 1.30 bits per heavy atom. The Hall–Kier alpha value is -1.46. The summed E-state index contributed by atoms with van der Waals surface area (Å²) in [6.07, 6.45) is 2.69. The van der Waals surface area contributed by atoms with Crippen molar-refractivity contribution in [2.45, 2.75) is 25.8 Å². The number of nitrogens with two attached hydrogens (primary N) is 2. The molecule has 1 aliphatic rings. The molecule has 1 saturated heterocycles. The van der Waals surface area contributed by atoms with Crippen molar-refractivity contribution < 1.29 is 4.79 Å². The predicted octanol–water partition coefficient (Wildman–Crippen LogP) is 1.37. The number of amides is 1. The van der Waals surface area contributed by atoms with Gasteiger partial charge in [0.25, 0.3) is 0 Å². The van der Waals surface area contributed by atoms with Gasteiger partial charge in [0.15, 0.2) is 0 Å². The molecule has 1 heterocycles. The van der Waals surface area contributed by atoms with Crippen molar-refractivity contribution in [3.8, 4) is 0 Å². The van der Waals surface area contributed by atoms with Crippen molar-refractivity contribution in [2.75, 3.05) is 31.1 Å². The Kier molecular flexibility index (Phi) is 6.61. The van der Waals surface area contributed by atoms with Crippen LogP contribution in [0.2, 0.25) is 0 Å². The molecule has 0 aliphatic carbocycles. The molecule has 5 N–H and O–H groups in total. The first kappa shape index (κ1) is 16.6. The maximum absolute atomic E-state index is 11.4. The Labute approximate surface area is 126 Å². The number of likely N-dealkylation sites (tertiary alicyclic amines) is 1. The summed E-state index contributed by atoms with van der Waals surface area (Å²) in [6, 6.07) is 5.53. The van der Waals surface area contributed by atoms with Gasteiger partial charge in [-0.15, -0.1) is 12.4 Å². The van der Waals surface area contributed by atoms with Gasteiger partial charge in [-0.3, -0.25) is 4.79 Å². The number of nitrogen functional groups attached to an aromatic ring is 2. The zero-order valence-corrected chi connectivity index (χ0v) is 12.4. The summed E-state index contributed by atoms with van der Waals surface area (Å²) >= 11 is 0. The fourth-order valence-electron chi connectivity index (χ4n) is 2.34. The highest BCUT2D eigenvalue weighted by atomic mass is 35.5. The molecule has 112 valence electrons. The van der Waals surface area contributed by atoms with Crippen LogP contribution in [0.5, 0.6) is 0 Å². The van der Waals surface area contributed by atoms with Crippen LogP contribution in [0.4, 0.5) is 11.4 Å². The van der Waals surface area contributed by atoms with E-state index in [1.54, 1.807) is 6.07 Å². The lowest BCUT2D eigenvalue weighted by molar-refractivity contribution is -0.127. The van der Waals surface area contributed by atoms with Crippen LogP contribution in [-0.2, 0) is 11.3 Å². The van der Waals surface area contributed by atoms with E-state index >= 15 is 0 Å². The van der Waals surface area contributed by atoms with Crippen LogP contribution in [0.1, 0.15) is 24.8 Å². The maximum Gasteiger partial charge on any atom is 0.222 e. The number of hydrogen-bond donors (Lipinski definition) is 3. The molecule has 0 aromatic heterocycles. The smallest absolute Gasteiger partial charge is 0.222 e. The highest BCUT2D eigenvalue weighted by Crippen LogP contribution is 2.15. The monoisotopic (exact) mass is 298 g/mol. The van der Waals surface area contributed by atoms with Crippen LogP contribution < -0.4 is 16.8 Å². The Balaban J connectivity index is 0.00000200. The van der Waals surface area contributed by atoms with Crippen molar-refractivity contribution in [3.63, 3.8) is 0 Å². The molecular weight excluding hydrogens is 276 g/mol. The van der Waals surface area contributed by atoms with Crippen molar-refractivity contribution >= 4 is 29.7 Å². The summed E-state index contributed by atoms with van der Waals surface area (Å²) in [5.41, 5.74) is 14.1. The van der Waals surface area contributed by atoms with E-state index < -0.39 is 0 Å². The van der Waals surface area contributed by atoms with Crippen LogP contribution in [0.15, 0.2) is 18.2 Å². The second kappa shape index (κ2) is 7.97. The number of carbonyl (C=O) groups excluding carboxylic acids is 1. The Morgan fingerprint density at radius 3 is 2.80 bits per heavy atom. The number of benzene rings is 1. The molecule has 5 nitrogen and oxygen atoms in total. The van der Waals surface area contributed by atoms with Crippen LogP contribution in [0.25, 0.3) is 0 Å². The Morgan fingerprint density at radius 2 is 2.10 bits per heavy atom. The third-order valence-electron chi connectivity index (χ3n) is 3.44. The molecule has 0 spiro atoms. The minimum atomic E-state index is 0. The quantitative estimate of drug-likeness (QED) is 0.547. The number of rotatable bonds is 6. The number of carbonyl (C=O) groups is 1. The van der Waals surface area contributed by atoms with Gasteiger partial charge >= 0.3 is 0 Å². The average Bonchev–Trinajstić information content (AvgIpc) is 2.79. The molecule has 0 bridgehead atoms. The lowest BCUT2D eigenvalue weighted by atomic mass is 10.1. The van der Waals surface area contributed by atoms with Crippen molar-refractivity contribution in [2.24, 2.45) is 0 Å². The van der Waals surface area contributed by atoms with Gasteiger partial charge < -0.3 is 21.7 Å². The summed E-state index contributed by atoms with van der Waals surface area (Å²) < 4.78 is 0. The van der Waals surface area contributed by atoms with Crippen molar-refractivity contribution in [1.82, 2.24) is 10.2 Å². The highest BCUT2D eigenvalue weighted by molar-refractivity contribution is 5.85. The predicted molar refractivity (Wildman–Crippen MR) is 84.7 cm³/mol. The third-order valence-corrected chi connectivity index (χ3v) is 3.44. The number of nitrogens with zero attached hydrogens (tertiary/aromatic N) is 1. The summed E-state index contributed by atoms with van der Waals surface area (Å²) in [7, 11) is 0. The van der Waals surface area contributed by atoms with Crippen LogP contribution in [0.3, 0.4) is 0 Å². The van der Waals surface area contributed by atoms with E-state index in [4.69, 9.17) is 11.5 Å². The molecule has 6 heteroatoms. The molecule has 1 fully saturated rings. The highest BCUT2D eigenvalue weighted by Gasteiger charge is 2.18. The third kappa shape index (κ3) is 4.58. The fraction of sp³-hybridized carbons (Fsp3) is 0.500. The molecule has 1 aromatic carbocycles. The van der Waals surface area contributed by atoms with Crippen LogP contribution in [-0.4, -0.2) is 30.4 Å². The van der Waals surface area contributed by atoms with Gasteiger partial charge in [-0.2, -0.15) is 0 Å². The van der Waals surface area contributed by atoms with Gasteiger partial charge in [0, 0.05) is 37.4 Å². The zero-order valence-electron chi connectivity index (χ0n) is 11.6. The second-order valence-electron chi connectivity index (χ2n) is 4.97. The van der Waals surface area contributed by atoms with Gasteiger partial charge in [-0.05, 0) is 43.1 Å². The molecule has 1 aromatic rings. The van der Waals surface area contributed by atoms with E-state index in [1.807, 2.05) is 17.0 Å². The molecular formula is C14H23ClN4O. The second-order valence-corrected chi connectivity index (χ2v) is 4.97. The van der Waals surface area contributed by atoms with E-state index in [2.05, 4.69) is 5.32 Å². The van der Waals surface area contributed by atoms with Gasteiger partial charge in [-0.25, -0.2) is 0 Å². The molecule has 0 unspecified atom stereocenters. The molecule has 2 rings (SSSR count). The van der Waals surface area contributed by atoms with Gasteiger partial charge in [-0.1, -0.05) is 0 Å². The lowest BCUT2D eigenvalue weighted by Gasteiger charge is -2.15. The summed E-state index contributed by atoms with van der Waals surface area (Å²) in [6.45, 7) is 3.35. The zero-order chi connectivity index (χ0) is 13.7. The van der Waals surface area contributed by atoms with E-state index in [1.165, 1.54) is 0 Å². The van der Waals surface area contributed by atoms with Crippen molar-refractivity contribution in [3.05, 3.63) is 23.8 Å². The van der Waals surface area contributed by atoms with Gasteiger partial charge in [0.2, 0.25) is 5.91 Å². The summed E-state index contributed by atoms with van der Waals surface area (Å²) in [5, 5.41) is 3.33. The minimum Gasteiger partial charge on any atom is -0.399 e. The molecule has 0 atom stereocenters. The lowest BCUT2D eigenvalue weighted by Crippen LogP contribution is -2.28. The number of hydrogen-bond acceptors (Lipinski definition) is 4. The largest absolute Gasteiger partial charge is 0.399 e. The van der Waals surface area contributed by atoms with E-state index in [-0.39, 0.29) is 12.4 Å². The molecule has 1 aliphatic heterocycles. The van der Waals surface area contributed by atoms with E-state index in [9.17, 15) is 4.79 Å². The Bertz CT molecular complexity index is 453. The topological polar surface area (TPSA) is 84.4 Å². The first-order chi connectivity index (χ1) is 9.16. The maximum atomic E-state index is 11.4. The van der Waals surface area contributed by atoms with Gasteiger partial charge in [0.1, 0.15) is 0 Å². The number of anilines is 2. The van der Waals surface area contributed by atoms with E-state index in [0.29, 0.717) is 18.9 Å². The fourth-order valence-corrected chi connectivity index (χ4v) is 2.34. The molecule has 1 amide bonds. The number of halogens is 1. The van der Waals surface area contributed by atoms with Crippen molar-refractivity contribution in [1.29, 1.82) is 0 Å². The molecule has 0 saturated carbocycles. The first-order valence-electron chi connectivity index (χ1n) is 6.79. The standard InChI is InChI=1S/C14H22N4O.ClH/c15-12-4-5-13(16)11(9-12)10-17-6-2-8-18-7-1-3-14(18)19;/h4-5,9,17H,1-3,6-8,10,15-16H2;1H. The molecule has 0 radical (unpaired) electrons. The normalized spacial score (nSPS) is 14.4. The summed E-state index contributed by atoms with van der Waals surface area (Å²) in [4.78, 5) is 13.4.